The van der Waals surface area contributed by atoms with Crippen molar-refractivity contribution in [3.05, 3.63) is 35.1 Å². The van der Waals surface area contributed by atoms with Gasteiger partial charge in [-0.25, -0.2) is 4.79 Å². The van der Waals surface area contributed by atoms with Crippen molar-refractivity contribution in [2.75, 3.05) is 0 Å². The van der Waals surface area contributed by atoms with Gasteiger partial charge >= 0.3 is 5.69 Å². The third-order valence-electron chi connectivity index (χ3n) is 5.02. The fourth-order valence-corrected chi connectivity index (χ4v) is 3.76. The molecule has 25 heavy (non-hydrogen) atoms. The lowest BCUT2D eigenvalue weighted by Crippen LogP contribution is -2.36. The van der Waals surface area contributed by atoms with E-state index in [0.717, 1.165) is 18.2 Å². The number of aromatic nitrogens is 5. The Morgan fingerprint density at radius 3 is 3.00 bits per heavy atom. The fraction of sp³-hybridized carbons (Fsp3) is 0.412. The molecule has 128 valence electrons. The Hall–Kier alpha value is -2.92. The van der Waals surface area contributed by atoms with Crippen LogP contribution in [0.5, 0.6) is 0 Å². The SMILES string of the molecule is N#CCC(n1cc(-c2[nH]c(=O)nc3[nH]ccc23)cn1)C1(O)CCCC1. The Labute approximate surface area is 143 Å². The number of nitrogens with zero attached hydrogens (tertiary/aromatic N) is 4. The quantitative estimate of drug-likeness (QED) is 0.670. The number of H-pyrrole nitrogens is 2. The van der Waals surface area contributed by atoms with Gasteiger partial charge in [0.25, 0.3) is 0 Å². The number of aliphatic hydroxyl groups is 1. The highest BCUT2D eigenvalue weighted by molar-refractivity contribution is 5.89. The summed E-state index contributed by atoms with van der Waals surface area (Å²) in [7, 11) is 0. The van der Waals surface area contributed by atoms with Crippen LogP contribution in [0.3, 0.4) is 0 Å². The first-order valence-electron chi connectivity index (χ1n) is 8.32. The molecule has 0 radical (unpaired) electrons. The molecule has 0 aromatic carbocycles. The Morgan fingerprint density at radius 2 is 2.24 bits per heavy atom. The molecule has 1 fully saturated rings. The molecule has 1 aliphatic rings. The van der Waals surface area contributed by atoms with E-state index in [1.54, 1.807) is 23.3 Å². The second-order valence-corrected chi connectivity index (χ2v) is 6.55. The Balaban J connectivity index is 1.77. The van der Waals surface area contributed by atoms with Gasteiger partial charge in [0.05, 0.1) is 36.0 Å². The molecule has 3 N–H and O–H groups in total. The van der Waals surface area contributed by atoms with E-state index in [1.807, 2.05) is 6.07 Å². The van der Waals surface area contributed by atoms with Crippen LogP contribution in [0.1, 0.15) is 38.1 Å². The van der Waals surface area contributed by atoms with E-state index in [2.05, 4.69) is 26.1 Å². The van der Waals surface area contributed by atoms with E-state index in [-0.39, 0.29) is 6.42 Å². The van der Waals surface area contributed by atoms with Gasteiger partial charge in [-0.15, -0.1) is 0 Å². The third-order valence-corrected chi connectivity index (χ3v) is 5.02. The van der Waals surface area contributed by atoms with Gasteiger partial charge in [-0.1, -0.05) is 12.8 Å². The highest BCUT2D eigenvalue weighted by Crippen LogP contribution is 2.40. The van der Waals surface area contributed by atoms with Crippen LogP contribution in [0, 0.1) is 11.3 Å². The van der Waals surface area contributed by atoms with Crippen molar-refractivity contribution in [1.82, 2.24) is 24.7 Å². The lowest BCUT2D eigenvalue weighted by atomic mass is 9.90. The summed E-state index contributed by atoms with van der Waals surface area (Å²) in [6, 6.07) is 3.59. The van der Waals surface area contributed by atoms with Crippen LogP contribution in [-0.4, -0.2) is 35.4 Å². The summed E-state index contributed by atoms with van der Waals surface area (Å²) in [6.45, 7) is 0. The Kier molecular flexibility index (Phi) is 3.66. The zero-order valence-electron chi connectivity index (χ0n) is 13.6. The van der Waals surface area contributed by atoms with E-state index in [1.165, 1.54) is 0 Å². The van der Waals surface area contributed by atoms with E-state index in [0.29, 0.717) is 29.7 Å². The molecule has 8 heteroatoms. The molecular weight excluding hydrogens is 320 g/mol. The maximum Gasteiger partial charge on any atom is 0.347 e. The van der Waals surface area contributed by atoms with Gasteiger partial charge in [-0.2, -0.15) is 15.3 Å². The first-order chi connectivity index (χ1) is 12.1. The summed E-state index contributed by atoms with van der Waals surface area (Å²) in [5.41, 5.74) is 0.495. The van der Waals surface area contributed by atoms with Gasteiger partial charge in [-0.3, -0.25) is 4.68 Å². The van der Waals surface area contributed by atoms with Crippen LogP contribution < -0.4 is 5.69 Å². The number of rotatable bonds is 4. The summed E-state index contributed by atoms with van der Waals surface area (Å²) in [4.78, 5) is 21.4. The summed E-state index contributed by atoms with van der Waals surface area (Å²) in [5.74, 6) is 0. The minimum atomic E-state index is -0.909. The van der Waals surface area contributed by atoms with Gasteiger partial charge in [0.1, 0.15) is 5.65 Å². The van der Waals surface area contributed by atoms with Crippen LogP contribution in [-0.2, 0) is 0 Å². The number of nitrogens with one attached hydrogen (secondary N) is 2. The van der Waals surface area contributed by atoms with Crippen LogP contribution >= 0.6 is 0 Å². The zero-order chi connectivity index (χ0) is 17.4. The highest BCUT2D eigenvalue weighted by Gasteiger charge is 2.41. The van der Waals surface area contributed by atoms with Crippen molar-refractivity contribution in [1.29, 1.82) is 5.26 Å². The first kappa shape index (κ1) is 15.6. The monoisotopic (exact) mass is 338 g/mol. The van der Waals surface area contributed by atoms with E-state index < -0.39 is 17.3 Å². The van der Waals surface area contributed by atoms with Crippen molar-refractivity contribution in [3.63, 3.8) is 0 Å². The topological polar surface area (TPSA) is 123 Å². The van der Waals surface area contributed by atoms with Crippen molar-refractivity contribution in [3.8, 4) is 17.3 Å². The van der Waals surface area contributed by atoms with Crippen LogP contribution in [0.4, 0.5) is 0 Å². The second-order valence-electron chi connectivity index (χ2n) is 6.55. The van der Waals surface area contributed by atoms with Gasteiger partial charge < -0.3 is 15.1 Å². The standard InChI is InChI=1S/C17H18N6O2/c18-7-3-13(17(25)5-1-2-6-17)23-10-11(9-20-23)14-12-4-8-19-15(12)22-16(24)21-14/h4,8-10,13,25H,1-3,5-6H2,(H2,19,21,22,24). The highest BCUT2D eigenvalue weighted by atomic mass is 16.3. The van der Waals surface area contributed by atoms with E-state index in [4.69, 9.17) is 0 Å². The Morgan fingerprint density at radius 1 is 1.44 bits per heavy atom. The lowest BCUT2D eigenvalue weighted by molar-refractivity contribution is -0.00902. The normalized spacial score (nSPS) is 17.6. The zero-order valence-corrected chi connectivity index (χ0v) is 13.6. The van der Waals surface area contributed by atoms with Crippen molar-refractivity contribution >= 4 is 11.0 Å². The largest absolute Gasteiger partial charge is 0.388 e. The maximum absolute atomic E-state index is 11.8. The lowest BCUT2D eigenvalue weighted by Gasteiger charge is -2.31. The predicted octanol–water partition coefficient (Wildman–Crippen LogP) is 1.87. The molecule has 0 bridgehead atoms. The molecule has 8 nitrogen and oxygen atoms in total. The van der Waals surface area contributed by atoms with Crippen LogP contribution in [0.2, 0.25) is 0 Å². The molecular formula is C17H18N6O2. The number of hydrogen-bond donors (Lipinski definition) is 3. The number of fused-ring (bicyclic) bond motifs is 1. The average molecular weight is 338 g/mol. The number of hydrogen-bond acceptors (Lipinski definition) is 5. The molecule has 0 amide bonds. The van der Waals surface area contributed by atoms with Crippen molar-refractivity contribution in [2.24, 2.45) is 0 Å². The molecule has 1 saturated carbocycles. The minimum absolute atomic E-state index is 0.185. The summed E-state index contributed by atoms with van der Waals surface area (Å²) >= 11 is 0. The number of aromatic amines is 2. The van der Waals surface area contributed by atoms with Gasteiger partial charge in [-0.05, 0) is 18.9 Å². The van der Waals surface area contributed by atoms with E-state index >= 15 is 0 Å². The molecule has 3 aromatic rings. The molecule has 0 spiro atoms. The fourth-order valence-electron chi connectivity index (χ4n) is 3.76. The van der Waals surface area contributed by atoms with Gasteiger partial charge in [0.15, 0.2) is 0 Å². The molecule has 4 rings (SSSR count). The molecule has 1 aliphatic carbocycles. The summed E-state index contributed by atoms with van der Waals surface area (Å²) < 4.78 is 1.65. The molecule has 1 unspecified atom stereocenters. The van der Waals surface area contributed by atoms with Crippen LogP contribution in [0.25, 0.3) is 22.3 Å². The smallest absolute Gasteiger partial charge is 0.347 e. The van der Waals surface area contributed by atoms with Crippen LogP contribution in [0.15, 0.2) is 29.5 Å². The van der Waals surface area contributed by atoms with Crippen molar-refractivity contribution < 1.29 is 5.11 Å². The van der Waals surface area contributed by atoms with Gasteiger partial charge in [0, 0.05) is 23.3 Å². The third kappa shape index (κ3) is 2.62. The summed E-state index contributed by atoms with van der Waals surface area (Å²) in [6.07, 6.45) is 8.56. The van der Waals surface area contributed by atoms with Crippen molar-refractivity contribution in [2.45, 2.75) is 43.7 Å². The summed E-state index contributed by atoms with van der Waals surface area (Å²) in [5, 5.41) is 25.3. The average Bonchev–Trinajstić information content (AvgIpc) is 3.32. The van der Waals surface area contributed by atoms with E-state index in [9.17, 15) is 15.2 Å². The molecule has 0 aliphatic heterocycles. The second kappa shape index (κ2) is 5.86. The Bertz CT molecular complexity index is 1000. The first-order valence-corrected chi connectivity index (χ1v) is 8.32. The molecule has 0 saturated heterocycles. The predicted molar refractivity (Wildman–Crippen MR) is 90.6 cm³/mol. The molecule has 3 heterocycles. The minimum Gasteiger partial charge on any atom is -0.388 e. The van der Waals surface area contributed by atoms with Gasteiger partial charge in [0.2, 0.25) is 0 Å². The maximum atomic E-state index is 11.8. The molecule has 1 atom stereocenters. The molecule has 3 aromatic heterocycles. The number of nitriles is 1.